The predicted molar refractivity (Wildman–Crippen MR) is 81.8 cm³/mol. The third kappa shape index (κ3) is 5.03. The maximum Gasteiger partial charge on any atom is 0.134 e. The molecule has 0 spiro atoms. The van der Waals surface area contributed by atoms with Gasteiger partial charge in [0, 0.05) is 31.2 Å². The molecule has 0 saturated heterocycles. The van der Waals surface area contributed by atoms with Crippen LogP contribution in [0, 0.1) is 6.92 Å². The Morgan fingerprint density at radius 1 is 1.16 bits per heavy atom. The van der Waals surface area contributed by atoms with Gasteiger partial charge in [0.1, 0.15) is 18.0 Å². The summed E-state index contributed by atoms with van der Waals surface area (Å²) in [5.41, 5.74) is 1.09. The van der Waals surface area contributed by atoms with Crippen molar-refractivity contribution in [3.8, 4) is 0 Å². The van der Waals surface area contributed by atoms with E-state index in [-0.39, 0.29) is 0 Å². The summed E-state index contributed by atoms with van der Waals surface area (Å²) >= 11 is 0. The zero-order valence-electron chi connectivity index (χ0n) is 12.8. The van der Waals surface area contributed by atoms with E-state index in [4.69, 9.17) is 0 Å². The van der Waals surface area contributed by atoms with Crippen molar-refractivity contribution < 1.29 is 0 Å². The minimum absolute atomic E-state index is 0.565. The van der Waals surface area contributed by atoms with Gasteiger partial charge in [-0.15, -0.1) is 0 Å². The number of hydrogen-bond acceptors (Lipinski definition) is 5. The third-order valence-corrected chi connectivity index (χ3v) is 3.27. The summed E-state index contributed by atoms with van der Waals surface area (Å²) < 4.78 is 0. The zero-order chi connectivity index (χ0) is 14.3. The molecule has 0 unspecified atom stereocenters. The smallest absolute Gasteiger partial charge is 0.134 e. The van der Waals surface area contributed by atoms with Gasteiger partial charge in [0.25, 0.3) is 0 Å². The third-order valence-electron chi connectivity index (χ3n) is 3.27. The average Bonchev–Trinajstić information content (AvgIpc) is 2.39. The molecule has 0 aromatic carbocycles. The molecule has 0 atom stereocenters. The van der Waals surface area contributed by atoms with Crippen LogP contribution in [0.1, 0.15) is 32.8 Å². The Kier molecular flexibility index (Phi) is 6.56. The van der Waals surface area contributed by atoms with Crippen LogP contribution in [0.25, 0.3) is 0 Å². The number of rotatable bonds is 8. The summed E-state index contributed by atoms with van der Waals surface area (Å²) in [6, 6.07) is 0.565. The van der Waals surface area contributed by atoms with Gasteiger partial charge in [-0.05, 0) is 34.2 Å². The van der Waals surface area contributed by atoms with E-state index < -0.39 is 0 Å². The van der Waals surface area contributed by atoms with Gasteiger partial charge in [0.2, 0.25) is 0 Å². The van der Waals surface area contributed by atoms with E-state index in [1.807, 2.05) is 6.92 Å². The summed E-state index contributed by atoms with van der Waals surface area (Å²) in [5, 5.41) is 6.70. The van der Waals surface area contributed by atoms with Gasteiger partial charge >= 0.3 is 0 Å². The second-order valence-electron chi connectivity index (χ2n) is 5.12. The highest BCUT2D eigenvalue weighted by Gasteiger charge is 2.07. The normalized spacial score (nSPS) is 11.1. The lowest BCUT2D eigenvalue weighted by Gasteiger charge is -2.21. The second kappa shape index (κ2) is 7.94. The molecule has 0 fully saturated rings. The van der Waals surface area contributed by atoms with Gasteiger partial charge in [-0.25, -0.2) is 9.97 Å². The van der Waals surface area contributed by atoms with Crippen molar-refractivity contribution in [2.45, 2.75) is 40.2 Å². The molecule has 1 heterocycles. The number of nitrogens with one attached hydrogen (secondary N) is 2. The van der Waals surface area contributed by atoms with Gasteiger partial charge in [-0.1, -0.05) is 6.92 Å². The lowest BCUT2D eigenvalue weighted by Crippen LogP contribution is -2.31. The highest BCUT2D eigenvalue weighted by Crippen LogP contribution is 2.17. The number of likely N-dealkylation sites (N-methyl/N-ethyl adjacent to an activating group) is 1. The first-order valence-corrected chi connectivity index (χ1v) is 7.05. The molecule has 0 aliphatic carbocycles. The van der Waals surface area contributed by atoms with Crippen LogP contribution >= 0.6 is 0 Å². The zero-order valence-corrected chi connectivity index (χ0v) is 12.8. The molecular weight excluding hydrogens is 238 g/mol. The van der Waals surface area contributed by atoms with Crippen molar-refractivity contribution in [3.63, 3.8) is 0 Å². The summed E-state index contributed by atoms with van der Waals surface area (Å²) in [5.74, 6) is 1.85. The molecule has 5 nitrogen and oxygen atoms in total. The Hall–Kier alpha value is -1.36. The van der Waals surface area contributed by atoms with Gasteiger partial charge < -0.3 is 15.5 Å². The largest absolute Gasteiger partial charge is 0.370 e. The minimum atomic E-state index is 0.565. The second-order valence-corrected chi connectivity index (χ2v) is 5.12. The molecule has 0 radical (unpaired) electrons. The first-order valence-electron chi connectivity index (χ1n) is 7.05. The molecular formula is C14H27N5. The Labute approximate surface area is 116 Å². The number of aromatic nitrogens is 2. The van der Waals surface area contributed by atoms with Crippen molar-refractivity contribution in [2.24, 2.45) is 0 Å². The SMILES string of the molecule is CCCNc1ncnc(NCCN(C)C(C)C)c1C. The molecule has 1 rings (SSSR count). The van der Waals surface area contributed by atoms with Gasteiger partial charge in [0.05, 0.1) is 0 Å². The summed E-state index contributed by atoms with van der Waals surface area (Å²) in [7, 11) is 2.13. The van der Waals surface area contributed by atoms with Gasteiger partial charge in [-0.3, -0.25) is 0 Å². The van der Waals surface area contributed by atoms with Crippen molar-refractivity contribution in [1.82, 2.24) is 14.9 Å². The van der Waals surface area contributed by atoms with Crippen LogP contribution in [-0.2, 0) is 0 Å². The van der Waals surface area contributed by atoms with Crippen LogP contribution in [0.3, 0.4) is 0 Å². The van der Waals surface area contributed by atoms with Crippen LogP contribution in [0.2, 0.25) is 0 Å². The van der Waals surface area contributed by atoms with E-state index >= 15 is 0 Å². The lowest BCUT2D eigenvalue weighted by molar-refractivity contribution is 0.284. The first kappa shape index (κ1) is 15.7. The van der Waals surface area contributed by atoms with Gasteiger partial charge in [0.15, 0.2) is 0 Å². The minimum Gasteiger partial charge on any atom is -0.370 e. The van der Waals surface area contributed by atoms with Crippen LogP contribution in [0.4, 0.5) is 11.6 Å². The van der Waals surface area contributed by atoms with Crippen molar-refractivity contribution in [2.75, 3.05) is 37.3 Å². The molecule has 0 amide bonds. The Morgan fingerprint density at radius 3 is 2.26 bits per heavy atom. The molecule has 0 aliphatic rings. The maximum absolute atomic E-state index is 4.31. The Balaban J connectivity index is 2.54. The Bertz CT molecular complexity index is 378. The summed E-state index contributed by atoms with van der Waals surface area (Å²) in [4.78, 5) is 10.9. The highest BCUT2D eigenvalue weighted by atomic mass is 15.1. The van der Waals surface area contributed by atoms with E-state index in [0.717, 1.165) is 43.3 Å². The van der Waals surface area contributed by atoms with E-state index in [1.165, 1.54) is 0 Å². The lowest BCUT2D eigenvalue weighted by atomic mass is 10.3. The standard InChI is InChI=1S/C14H27N5/c1-6-7-15-13-12(4)14(18-10-17-13)16-8-9-19(5)11(2)3/h10-11H,6-9H2,1-5H3,(H2,15,16,17,18). The number of anilines is 2. The van der Waals surface area contributed by atoms with Crippen LogP contribution in [0.15, 0.2) is 6.33 Å². The maximum atomic E-state index is 4.31. The van der Waals surface area contributed by atoms with E-state index in [0.29, 0.717) is 6.04 Å². The van der Waals surface area contributed by atoms with Crippen LogP contribution in [-0.4, -0.2) is 47.6 Å². The Morgan fingerprint density at radius 2 is 1.74 bits per heavy atom. The molecule has 0 saturated carbocycles. The van der Waals surface area contributed by atoms with E-state index in [2.05, 4.69) is 53.3 Å². The molecule has 1 aromatic heterocycles. The van der Waals surface area contributed by atoms with Crippen molar-refractivity contribution >= 4 is 11.6 Å². The average molecular weight is 265 g/mol. The molecule has 2 N–H and O–H groups in total. The van der Waals surface area contributed by atoms with E-state index in [9.17, 15) is 0 Å². The molecule has 108 valence electrons. The molecule has 5 heteroatoms. The predicted octanol–water partition coefficient (Wildman–Crippen LogP) is 2.36. The highest BCUT2D eigenvalue weighted by molar-refractivity contribution is 5.56. The summed E-state index contributed by atoms with van der Waals surface area (Å²) in [6.45, 7) is 11.4. The summed E-state index contributed by atoms with van der Waals surface area (Å²) in [6.07, 6.45) is 2.70. The fourth-order valence-electron chi connectivity index (χ4n) is 1.66. The quantitative estimate of drug-likeness (QED) is 0.755. The topological polar surface area (TPSA) is 53.1 Å². The molecule has 0 bridgehead atoms. The number of hydrogen-bond donors (Lipinski definition) is 2. The van der Waals surface area contributed by atoms with Crippen LogP contribution in [0.5, 0.6) is 0 Å². The van der Waals surface area contributed by atoms with Crippen molar-refractivity contribution in [1.29, 1.82) is 0 Å². The van der Waals surface area contributed by atoms with E-state index in [1.54, 1.807) is 6.33 Å². The number of nitrogens with zero attached hydrogens (tertiary/aromatic N) is 3. The fourth-order valence-corrected chi connectivity index (χ4v) is 1.66. The monoisotopic (exact) mass is 265 g/mol. The molecule has 1 aromatic rings. The fraction of sp³-hybridized carbons (Fsp3) is 0.714. The first-order chi connectivity index (χ1) is 9.06. The van der Waals surface area contributed by atoms with Crippen LogP contribution < -0.4 is 10.6 Å². The van der Waals surface area contributed by atoms with Gasteiger partial charge in [-0.2, -0.15) is 0 Å². The molecule has 0 aliphatic heterocycles. The molecule has 19 heavy (non-hydrogen) atoms. The van der Waals surface area contributed by atoms with Crippen molar-refractivity contribution in [3.05, 3.63) is 11.9 Å².